The first-order valence-corrected chi connectivity index (χ1v) is 5.96. The van der Waals surface area contributed by atoms with E-state index < -0.39 is 0 Å². The third-order valence-electron chi connectivity index (χ3n) is 2.65. The molecule has 0 bridgehead atoms. The van der Waals surface area contributed by atoms with Crippen LogP contribution in [0.2, 0.25) is 0 Å². The van der Waals surface area contributed by atoms with E-state index in [0.29, 0.717) is 25.3 Å². The summed E-state index contributed by atoms with van der Waals surface area (Å²) in [6.07, 6.45) is 1.60. The second-order valence-electron chi connectivity index (χ2n) is 3.80. The van der Waals surface area contributed by atoms with Gasteiger partial charge >= 0.3 is 0 Å². The Morgan fingerprint density at radius 3 is 3.00 bits per heavy atom. The summed E-state index contributed by atoms with van der Waals surface area (Å²) >= 11 is 0. The number of ether oxygens (including phenoxy) is 1. The minimum atomic E-state index is 0.560. The number of hydrogen-bond donors (Lipinski definition) is 1. The van der Waals surface area contributed by atoms with Crippen LogP contribution in [0.25, 0.3) is 10.9 Å². The number of fused-ring (bicyclic) bond motifs is 1. The first-order valence-electron chi connectivity index (χ1n) is 5.96. The van der Waals surface area contributed by atoms with Crippen molar-refractivity contribution in [2.45, 2.75) is 6.92 Å². The number of nitriles is 1. The van der Waals surface area contributed by atoms with Gasteiger partial charge in [-0.1, -0.05) is 18.2 Å². The maximum absolute atomic E-state index is 9.12. The summed E-state index contributed by atoms with van der Waals surface area (Å²) in [4.78, 5) is 4.26. The highest BCUT2D eigenvalue weighted by Gasteiger charge is 2.07. The molecule has 0 aliphatic heterocycles. The lowest BCUT2D eigenvalue weighted by Gasteiger charge is -2.11. The standard InChI is InChI=1S/C14H15N3O/c1-2-18-8-7-16-14-11(9-15)10-17-13-6-4-3-5-12(13)14/h3-6,10H,2,7-8H2,1H3,(H,16,17). The van der Waals surface area contributed by atoms with Crippen molar-refractivity contribution in [2.75, 3.05) is 25.1 Å². The van der Waals surface area contributed by atoms with Gasteiger partial charge in [0, 0.05) is 24.7 Å². The summed E-state index contributed by atoms with van der Waals surface area (Å²) in [6, 6.07) is 9.94. The van der Waals surface area contributed by atoms with Crippen molar-refractivity contribution in [3.63, 3.8) is 0 Å². The zero-order chi connectivity index (χ0) is 12.8. The summed E-state index contributed by atoms with van der Waals surface area (Å²) < 4.78 is 5.28. The highest BCUT2D eigenvalue weighted by atomic mass is 16.5. The predicted molar refractivity (Wildman–Crippen MR) is 71.4 cm³/mol. The van der Waals surface area contributed by atoms with Gasteiger partial charge in [-0.3, -0.25) is 4.98 Å². The number of rotatable bonds is 5. The molecule has 1 heterocycles. The second-order valence-corrected chi connectivity index (χ2v) is 3.80. The molecule has 0 spiro atoms. The minimum Gasteiger partial charge on any atom is -0.381 e. The number of nitrogens with zero attached hydrogens (tertiary/aromatic N) is 2. The highest BCUT2D eigenvalue weighted by molar-refractivity contribution is 5.93. The minimum absolute atomic E-state index is 0.560. The van der Waals surface area contributed by atoms with E-state index in [0.717, 1.165) is 16.6 Å². The van der Waals surface area contributed by atoms with Gasteiger partial charge in [0.2, 0.25) is 0 Å². The molecule has 1 aromatic heterocycles. The van der Waals surface area contributed by atoms with E-state index in [1.165, 1.54) is 0 Å². The first-order chi connectivity index (χ1) is 8.86. The third-order valence-corrected chi connectivity index (χ3v) is 2.65. The molecule has 0 fully saturated rings. The van der Waals surface area contributed by atoms with Crippen molar-refractivity contribution in [2.24, 2.45) is 0 Å². The summed E-state index contributed by atoms with van der Waals surface area (Å²) in [6.45, 7) is 3.96. The van der Waals surface area contributed by atoms with E-state index in [2.05, 4.69) is 16.4 Å². The fourth-order valence-corrected chi connectivity index (χ4v) is 1.81. The molecule has 0 aliphatic carbocycles. The zero-order valence-corrected chi connectivity index (χ0v) is 10.3. The maximum atomic E-state index is 9.12. The van der Waals surface area contributed by atoms with Crippen molar-refractivity contribution in [1.29, 1.82) is 5.26 Å². The number of benzene rings is 1. The van der Waals surface area contributed by atoms with Gasteiger partial charge in [-0.25, -0.2) is 0 Å². The molecule has 0 aliphatic rings. The van der Waals surface area contributed by atoms with Gasteiger partial charge in [0.15, 0.2) is 0 Å². The van der Waals surface area contributed by atoms with Crippen LogP contribution in [-0.2, 0) is 4.74 Å². The molecule has 1 N–H and O–H groups in total. The van der Waals surface area contributed by atoms with E-state index in [4.69, 9.17) is 10.00 Å². The summed E-state index contributed by atoms with van der Waals surface area (Å²) in [7, 11) is 0. The molecule has 4 heteroatoms. The molecular weight excluding hydrogens is 226 g/mol. The summed E-state index contributed by atoms with van der Waals surface area (Å²) in [5.74, 6) is 0. The molecule has 0 unspecified atom stereocenters. The van der Waals surface area contributed by atoms with Crippen LogP contribution >= 0.6 is 0 Å². The molecule has 18 heavy (non-hydrogen) atoms. The summed E-state index contributed by atoms with van der Waals surface area (Å²) in [5, 5.41) is 13.3. The Hall–Kier alpha value is -2.12. The van der Waals surface area contributed by atoms with E-state index in [9.17, 15) is 0 Å². The topological polar surface area (TPSA) is 57.9 Å². The molecule has 0 saturated heterocycles. The fourth-order valence-electron chi connectivity index (χ4n) is 1.81. The monoisotopic (exact) mass is 241 g/mol. The zero-order valence-electron chi connectivity index (χ0n) is 10.3. The molecule has 0 radical (unpaired) electrons. The largest absolute Gasteiger partial charge is 0.381 e. The Morgan fingerprint density at radius 2 is 2.22 bits per heavy atom. The van der Waals surface area contributed by atoms with Gasteiger partial charge in [-0.05, 0) is 13.0 Å². The maximum Gasteiger partial charge on any atom is 0.103 e. The Morgan fingerprint density at radius 1 is 1.39 bits per heavy atom. The number of aromatic nitrogens is 1. The smallest absolute Gasteiger partial charge is 0.103 e. The fraction of sp³-hybridized carbons (Fsp3) is 0.286. The molecule has 0 amide bonds. The van der Waals surface area contributed by atoms with Gasteiger partial charge in [-0.2, -0.15) is 5.26 Å². The Bertz CT molecular complexity index is 575. The van der Waals surface area contributed by atoms with Crippen LogP contribution in [0.1, 0.15) is 12.5 Å². The average Bonchev–Trinajstić information content (AvgIpc) is 2.43. The lowest BCUT2D eigenvalue weighted by atomic mass is 10.1. The average molecular weight is 241 g/mol. The van der Waals surface area contributed by atoms with E-state index in [1.54, 1.807) is 6.20 Å². The van der Waals surface area contributed by atoms with Crippen molar-refractivity contribution in [3.8, 4) is 6.07 Å². The first kappa shape index (κ1) is 12.3. The van der Waals surface area contributed by atoms with Gasteiger partial charge in [-0.15, -0.1) is 0 Å². The number of para-hydroxylation sites is 1. The van der Waals surface area contributed by atoms with Crippen LogP contribution in [-0.4, -0.2) is 24.7 Å². The lowest BCUT2D eigenvalue weighted by molar-refractivity contribution is 0.158. The number of anilines is 1. The van der Waals surface area contributed by atoms with Crippen LogP contribution in [0, 0.1) is 11.3 Å². The van der Waals surface area contributed by atoms with Gasteiger partial charge < -0.3 is 10.1 Å². The number of hydrogen-bond acceptors (Lipinski definition) is 4. The van der Waals surface area contributed by atoms with Crippen molar-refractivity contribution in [1.82, 2.24) is 4.98 Å². The summed E-state index contributed by atoms with van der Waals surface area (Å²) in [5.41, 5.74) is 2.28. The van der Waals surface area contributed by atoms with Crippen LogP contribution in [0.3, 0.4) is 0 Å². The Balaban J connectivity index is 2.30. The molecule has 92 valence electrons. The van der Waals surface area contributed by atoms with Gasteiger partial charge in [0.25, 0.3) is 0 Å². The second kappa shape index (κ2) is 5.99. The molecule has 2 rings (SSSR count). The molecule has 4 nitrogen and oxygen atoms in total. The van der Waals surface area contributed by atoms with E-state index >= 15 is 0 Å². The normalized spacial score (nSPS) is 10.2. The SMILES string of the molecule is CCOCCNc1c(C#N)cnc2ccccc12. The molecule has 0 saturated carbocycles. The number of nitrogens with one attached hydrogen (secondary N) is 1. The predicted octanol–water partition coefficient (Wildman–Crippen LogP) is 2.55. The third kappa shape index (κ3) is 2.58. The van der Waals surface area contributed by atoms with E-state index in [-0.39, 0.29) is 0 Å². The highest BCUT2D eigenvalue weighted by Crippen LogP contribution is 2.24. The van der Waals surface area contributed by atoms with Crippen molar-refractivity contribution < 1.29 is 4.74 Å². The van der Waals surface area contributed by atoms with Crippen molar-refractivity contribution in [3.05, 3.63) is 36.0 Å². The van der Waals surface area contributed by atoms with Gasteiger partial charge in [0.1, 0.15) is 6.07 Å². The number of pyridine rings is 1. The van der Waals surface area contributed by atoms with Crippen molar-refractivity contribution >= 4 is 16.6 Å². The molecular formula is C14H15N3O. The van der Waals surface area contributed by atoms with Crippen LogP contribution < -0.4 is 5.32 Å². The van der Waals surface area contributed by atoms with Crippen LogP contribution in [0.4, 0.5) is 5.69 Å². The van der Waals surface area contributed by atoms with Crippen LogP contribution in [0.15, 0.2) is 30.5 Å². The Kier molecular flexibility index (Phi) is 4.11. The van der Waals surface area contributed by atoms with Gasteiger partial charge in [0.05, 0.1) is 23.4 Å². The Labute approximate surface area is 106 Å². The molecule has 2 aromatic rings. The quantitative estimate of drug-likeness (QED) is 0.817. The van der Waals surface area contributed by atoms with E-state index in [1.807, 2.05) is 31.2 Å². The molecule has 1 aromatic carbocycles. The molecule has 0 atom stereocenters. The van der Waals surface area contributed by atoms with Crippen LogP contribution in [0.5, 0.6) is 0 Å². The lowest BCUT2D eigenvalue weighted by Crippen LogP contribution is -2.10.